The molecule has 1 aromatic carbocycles. The van der Waals surface area contributed by atoms with Crippen molar-refractivity contribution in [1.29, 1.82) is 0 Å². The molecule has 2 N–H and O–H groups in total. The smallest absolute Gasteiger partial charge is 0.320 e. The Kier molecular flexibility index (Phi) is 5.26. The standard InChI is InChI=1S/C24H23FN6O/c1-15-11-19(9-10-26-15)31-22-14-27-23(12-17(22)13-28-31)30-24(32)29-21-4-2-3-20(21)16-5-7-18(25)8-6-16/h5-14,20-21H,2-4H2,1H3,(H2,27,29,30,32)/t20-,21-/m0/s1. The Balaban J connectivity index is 1.29. The number of carbonyl (C=O) groups is 1. The predicted molar refractivity (Wildman–Crippen MR) is 120 cm³/mol. The molecular formula is C24H23FN6O. The van der Waals surface area contributed by atoms with Crippen LogP contribution in [0, 0.1) is 12.7 Å². The number of rotatable bonds is 4. The van der Waals surface area contributed by atoms with Crippen molar-refractivity contribution in [2.75, 3.05) is 5.32 Å². The Labute approximate surface area is 184 Å². The monoisotopic (exact) mass is 430 g/mol. The van der Waals surface area contributed by atoms with Crippen LogP contribution < -0.4 is 10.6 Å². The molecule has 4 aromatic rings. The molecule has 0 spiro atoms. The van der Waals surface area contributed by atoms with Crippen molar-refractivity contribution in [2.45, 2.75) is 38.1 Å². The van der Waals surface area contributed by atoms with Gasteiger partial charge in [0.25, 0.3) is 0 Å². The molecule has 1 aliphatic rings. The summed E-state index contributed by atoms with van der Waals surface area (Å²) >= 11 is 0. The zero-order chi connectivity index (χ0) is 22.1. The Morgan fingerprint density at radius 1 is 1.09 bits per heavy atom. The van der Waals surface area contributed by atoms with E-state index < -0.39 is 0 Å². The fourth-order valence-corrected chi connectivity index (χ4v) is 4.43. The first kappa shape index (κ1) is 20.1. The van der Waals surface area contributed by atoms with Gasteiger partial charge in [0.1, 0.15) is 11.6 Å². The zero-order valence-electron chi connectivity index (χ0n) is 17.6. The van der Waals surface area contributed by atoms with Crippen LogP contribution in [0.15, 0.2) is 61.1 Å². The summed E-state index contributed by atoms with van der Waals surface area (Å²) in [6.45, 7) is 1.93. The lowest BCUT2D eigenvalue weighted by Gasteiger charge is -2.21. The van der Waals surface area contributed by atoms with Crippen LogP contribution in [0.2, 0.25) is 0 Å². The third-order valence-electron chi connectivity index (χ3n) is 5.95. The second-order valence-corrected chi connectivity index (χ2v) is 8.13. The van der Waals surface area contributed by atoms with E-state index in [9.17, 15) is 9.18 Å². The van der Waals surface area contributed by atoms with Crippen LogP contribution in [-0.4, -0.2) is 31.8 Å². The van der Waals surface area contributed by atoms with Gasteiger partial charge < -0.3 is 5.32 Å². The summed E-state index contributed by atoms with van der Waals surface area (Å²) in [5.74, 6) is 0.383. The van der Waals surface area contributed by atoms with Crippen LogP contribution in [0.3, 0.4) is 0 Å². The van der Waals surface area contributed by atoms with Crippen LogP contribution in [-0.2, 0) is 0 Å². The summed E-state index contributed by atoms with van der Waals surface area (Å²) in [4.78, 5) is 21.3. The molecule has 3 heterocycles. The number of carbonyl (C=O) groups excluding carboxylic acids is 1. The van der Waals surface area contributed by atoms with E-state index in [1.165, 1.54) is 12.1 Å². The molecular weight excluding hydrogens is 407 g/mol. The van der Waals surface area contributed by atoms with Gasteiger partial charge in [-0.1, -0.05) is 18.6 Å². The van der Waals surface area contributed by atoms with Crippen molar-refractivity contribution in [3.05, 3.63) is 78.1 Å². The summed E-state index contributed by atoms with van der Waals surface area (Å²) in [6.07, 6.45) is 8.06. The first-order valence-electron chi connectivity index (χ1n) is 10.7. The maximum atomic E-state index is 13.3. The number of hydrogen-bond donors (Lipinski definition) is 2. The largest absolute Gasteiger partial charge is 0.334 e. The maximum Gasteiger partial charge on any atom is 0.320 e. The third-order valence-corrected chi connectivity index (χ3v) is 5.95. The van der Waals surface area contributed by atoms with Gasteiger partial charge in [-0.25, -0.2) is 18.9 Å². The minimum Gasteiger partial charge on any atom is -0.334 e. The lowest BCUT2D eigenvalue weighted by Crippen LogP contribution is -2.39. The number of halogens is 1. The van der Waals surface area contributed by atoms with E-state index in [0.717, 1.165) is 47.1 Å². The minimum absolute atomic E-state index is 0.00173. The molecule has 2 atom stereocenters. The highest BCUT2D eigenvalue weighted by Crippen LogP contribution is 2.34. The molecule has 1 fully saturated rings. The Bertz CT molecular complexity index is 1270. The number of anilines is 1. The van der Waals surface area contributed by atoms with E-state index in [0.29, 0.717) is 5.82 Å². The number of amides is 2. The normalized spacial score (nSPS) is 18.1. The maximum absolute atomic E-state index is 13.3. The molecule has 1 saturated carbocycles. The van der Waals surface area contributed by atoms with Gasteiger partial charge in [-0.05, 0) is 55.7 Å². The van der Waals surface area contributed by atoms with Gasteiger partial charge in [0.05, 0.1) is 23.6 Å². The summed E-state index contributed by atoms with van der Waals surface area (Å²) in [7, 11) is 0. The van der Waals surface area contributed by atoms with Gasteiger partial charge in [0.2, 0.25) is 0 Å². The molecule has 7 nitrogen and oxygen atoms in total. The molecule has 0 bridgehead atoms. The van der Waals surface area contributed by atoms with Gasteiger partial charge >= 0.3 is 6.03 Å². The summed E-state index contributed by atoms with van der Waals surface area (Å²) in [5, 5.41) is 11.2. The first-order valence-corrected chi connectivity index (χ1v) is 10.7. The molecule has 2 amide bonds. The fourth-order valence-electron chi connectivity index (χ4n) is 4.43. The molecule has 3 aromatic heterocycles. The lowest BCUT2D eigenvalue weighted by molar-refractivity contribution is 0.247. The van der Waals surface area contributed by atoms with Crippen LogP contribution in [0.4, 0.5) is 15.0 Å². The fraction of sp³-hybridized carbons (Fsp3) is 0.250. The van der Waals surface area contributed by atoms with E-state index in [2.05, 4.69) is 25.7 Å². The van der Waals surface area contributed by atoms with E-state index in [-0.39, 0.29) is 23.8 Å². The van der Waals surface area contributed by atoms with Gasteiger partial charge in [-0.3, -0.25) is 10.3 Å². The van der Waals surface area contributed by atoms with Gasteiger partial charge in [0.15, 0.2) is 0 Å². The number of aromatic nitrogens is 4. The Morgan fingerprint density at radius 3 is 2.75 bits per heavy atom. The second kappa shape index (κ2) is 8.37. The molecule has 32 heavy (non-hydrogen) atoms. The number of nitrogens with zero attached hydrogens (tertiary/aromatic N) is 4. The number of benzene rings is 1. The second-order valence-electron chi connectivity index (χ2n) is 8.13. The number of urea groups is 1. The average molecular weight is 430 g/mol. The third kappa shape index (κ3) is 4.03. The van der Waals surface area contributed by atoms with E-state index >= 15 is 0 Å². The molecule has 1 aliphatic carbocycles. The first-order chi connectivity index (χ1) is 15.6. The van der Waals surface area contributed by atoms with E-state index in [1.807, 2.05) is 19.1 Å². The minimum atomic E-state index is -0.298. The quantitative estimate of drug-likeness (QED) is 0.491. The number of fused-ring (bicyclic) bond motifs is 1. The number of hydrogen-bond acceptors (Lipinski definition) is 4. The van der Waals surface area contributed by atoms with E-state index in [4.69, 9.17) is 0 Å². The van der Waals surface area contributed by atoms with Crippen molar-refractivity contribution >= 4 is 22.8 Å². The summed E-state index contributed by atoms with van der Waals surface area (Å²) in [5.41, 5.74) is 3.70. The molecule has 0 saturated heterocycles. The number of nitrogens with one attached hydrogen (secondary N) is 2. The van der Waals surface area contributed by atoms with E-state index in [1.54, 1.807) is 41.5 Å². The number of pyridine rings is 2. The van der Waals surface area contributed by atoms with Crippen LogP contribution in [0.25, 0.3) is 16.6 Å². The van der Waals surface area contributed by atoms with Crippen molar-refractivity contribution in [3.8, 4) is 5.69 Å². The van der Waals surface area contributed by atoms with Crippen molar-refractivity contribution in [3.63, 3.8) is 0 Å². The highest BCUT2D eigenvalue weighted by atomic mass is 19.1. The summed E-state index contributed by atoms with van der Waals surface area (Å²) < 4.78 is 15.1. The number of aryl methyl sites for hydroxylation is 1. The van der Waals surface area contributed by atoms with Gasteiger partial charge in [-0.15, -0.1) is 0 Å². The Morgan fingerprint density at radius 2 is 1.94 bits per heavy atom. The highest BCUT2D eigenvalue weighted by Gasteiger charge is 2.30. The lowest BCUT2D eigenvalue weighted by atomic mass is 9.94. The van der Waals surface area contributed by atoms with Gasteiger partial charge in [0, 0.05) is 29.2 Å². The molecule has 0 unspecified atom stereocenters. The topological polar surface area (TPSA) is 84.7 Å². The van der Waals surface area contributed by atoms with Crippen LogP contribution in [0.1, 0.15) is 36.4 Å². The van der Waals surface area contributed by atoms with Gasteiger partial charge in [-0.2, -0.15) is 5.10 Å². The SMILES string of the molecule is Cc1cc(-n2ncc3cc(NC(=O)N[C@H]4CCC[C@H]4c4ccc(F)cc4)ncc32)ccn1. The zero-order valence-corrected chi connectivity index (χ0v) is 17.6. The molecule has 0 radical (unpaired) electrons. The van der Waals surface area contributed by atoms with Crippen molar-refractivity contribution in [1.82, 2.24) is 25.1 Å². The predicted octanol–water partition coefficient (Wildman–Crippen LogP) is 4.72. The summed E-state index contributed by atoms with van der Waals surface area (Å²) in [6, 6.07) is 11.9. The van der Waals surface area contributed by atoms with Crippen molar-refractivity contribution in [2.24, 2.45) is 0 Å². The molecule has 5 rings (SSSR count). The molecule has 8 heteroatoms. The van der Waals surface area contributed by atoms with Crippen LogP contribution in [0.5, 0.6) is 0 Å². The molecule has 0 aliphatic heterocycles. The highest BCUT2D eigenvalue weighted by molar-refractivity contribution is 5.91. The Hall–Kier alpha value is -3.81. The van der Waals surface area contributed by atoms with Crippen molar-refractivity contribution < 1.29 is 9.18 Å². The molecule has 162 valence electrons. The average Bonchev–Trinajstić information content (AvgIpc) is 3.41. The van der Waals surface area contributed by atoms with Crippen LogP contribution >= 0.6 is 0 Å².